The van der Waals surface area contributed by atoms with Crippen molar-refractivity contribution in [3.8, 4) is 5.75 Å². The molecule has 0 spiro atoms. The van der Waals surface area contributed by atoms with Crippen molar-refractivity contribution >= 4 is 23.5 Å². The van der Waals surface area contributed by atoms with Crippen LogP contribution in [0.2, 0.25) is 0 Å². The maximum absolute atomic E-state index is 12.4. The summed E-state index contributed by atoms with van der Waals surface area (Å²) in [6, 6.07) is 11.1. The molecular formula is C22H23N5O3. The van der Waals surface area contributed by atoms with Gasteiger partial charge in [-0.2, -0.15) is 10.1 Å². The Labute approximate surface area is 174 Å². The van der Waals surface area contributed by atoms with E-state index in [9.17, 15) is 9.59 Å². The van der Waals surface area contributed by atoms with Crippen LogP contribution in [0.25, 0.3) is 0 Å². The number of anilines is 2. The van der Waals surface area contributed by atoms with Gasteiger partial charge in [-0.3, -0.25) is 14.9 Å². The highest BCUT2D eigenvalue weighted by Crippen LogP contribution is 2.30. The molecule has 2 N–H and O–H groups in total. The van der Waals surface area contributed by atoms with Gasteiger partial charge in [0.2, 0.25) is 11.9 Å². The topological polar surface area (TPSA) is 98.1 Å². The molecule has 0 aliphatic carbocycles. The molecule has 1 aromatic heterocycles. The fourth-order valence-electron chi connectivity index (χ4n) is 3.78. The van der Waals surface area contributed by atoms with E-state index in [4.69, 9.17) is 4.74 Å². The fraction of sp³-hybridized carbons (Fsp3) is 0.273. The average molecular weight is 405 g/mol. The monoisotopic (exact) mass is 405 g/mol. The van der Waals surface area contributed by atoms with Gasteiger partial charge in [0.05, 0.1) is 12.5 Å². The number of benzene rings is 2. The van der Waals surface area contributed by atoms with Crippen LogP contribution in [-0.4, -0.2) is 33.2 Å². The summed E-state index contributed by atoms with van der Waals surface area (Å²) in [7, 11) is 0. The molecule has 4 rings (SSSR count). The second-order valence-electron chi connectivity index (χ2n) is 7.48. The third-order valence-corrected chi connectivity index (χ3v) is 5.05. The molecule has 1 aliphatic rings. The lowest BCUT2D eigenvalue weighted by Crippen LogP contribution is -2.29. The number of amides is 2. The number of aromatic nitrogens is 3. The van der Waals surface area contributed by atoms with Gasteiger partial charge in [-0.1, -0.05) is 29.8 Å². The smallest absolute Gasteiger partial charge is 0.262 e. The summed E-state index contributed by atoms with van der Waals surface area (Å²) < 4.78 is 7.39. The van der Waals surface area contributed by atoms with Crippen molar-refractivity contribution in [1.29, 1.82) is 0 Å². The van der Waals surface area contributed by atoms with Crippen LogP contribution in [0.5, 0.6) is 5.75 Å². The molecule has 0 saturated heterocycles. The molecule has 154 valence electrons. The molecule has 0 radical (unpaired) electrons. The van der Waals surface area contributed by atoms with Crippen LogP contribution in [0.1, 0.15) is 34.7 Å². The van der Waals surface area contributed by atoms with E-state index >= 15 is 0 Å². The first-order valence-corrected chi connectivity index (χ1v) is 9.70. The second-order valence-corrected chi connectivity index (χ2v) is 7.48. The van der Waals surface area contributed by atoms with Crippen LogP contribution >= 0.6 is 0 Å². The van der Waals surface area contributed by atoms with Gasteiger partial charge in [0.15, 0.2) is 6.61 Å². The Kier molecular flexibility index (Phi) is 5.22. The van der Waals surface area contributed by atoms with Gasteiger partial charge in [0.1, 0.15) is 12.1 Å². The van der Waals surface area contributed by atoms with Crippen molar-refractivity contribution in [3.63, 3.8) is 0 Å². The molecule has 8 heteroatoms. The van der Waals surface area contributed by atoms with Crippen molar-refractivity contribution in [3.05, 3.63) is 65.0 Å². The van der Waals surface area contributed by atoms with Crippen LogP contribution in [0.3, 0.4) is 0 Å². The van der Waals surface area contributed by atoms with Gasteiger partial charge in [-0.05, 0) is 49.6 Å². The quantitative estimate of drug-likeness (QED) is 0.680. The summed E-state index contributed by atoms with van der Waals surface area (Å²) in [6.07, 6.45) is 1.67. The molecule has 1 aliphatic heterocycles. The zero-order chi connectivity index (χ0) is 21.3. The van der Waals surface area contributed by atoms with E-state index in [0.717, 1.165) is 27.9 Å². The lowest BCUT2D eigenvalue weighted by Gasteiger charge is -2.24. The van der Waals surface area contributed by atoms with Gasteiger partial charge >= 0.3 is 0 Å². The van der Waals surface area contributed by atoms with Crippen molar-refractivity contribution in [2.45, 2.75) is 33.2 Å². The van der Waals surface area contributed by atoms with Crippen LogP contribution in [0.15, 0.2) is 42.7 Å². The normalized spacial score (nSPS) is 15.3. The average Bonchev–Trinajstić information content (AvgIpc) is 3.17. The van der Waals surface area contributed by atoms with E-state index in [-0.39, 0.29) is 30.9 Å². The first kappa shape index (κ1) is 19.6. The molecule has 0 saturated carbocycles. The number of hydrogen-bond acceptors (Lipinski definition) is 5. The van der Waals surface area contributed by atoms with Gasteiger partial charge in [0.25, 0.3) is 5.91 Å². The fourth-order valence-corrected chi connectivity index (χ4v) is 3.78. The number of nitrogens with one attached hydrogen (secondary N) is 2. The number of carbonyl (C=O) groups excluding carboxylic acids is 2. The van der Waals surface area contributed by atoms with E-state index in [1.54, 1.807) is 10.7 Å². The van der Waals surface area contributed by atoms with Crippen LogP contribution < -0.4 is 15.4 Å². The Morgan fingerprint density at radius 3 is 2.77 bits per heavy atom. The number of nitrogens with zero attached hydrogens (tertiary/aromatic N) is 3. The third kappa shape index (κ3) is 4.03. The molecule has 1 atom stereocenters. The second kappa shape index (κ2) is 7.98. The van der Waals surface area contributed by atoms with Crippen molar-refractivity contribution in [2.75, 3.05) is 17.2 Å². The van der Waals surface area contributed by atoms with Gasteiger partial charge in [-0.25, -0.2) is 4.68 Å². The maximum atomic E-state index is 12.4. The van der Waals surface area contributed by atoms with Crippen molar-refractivity contribution < 1.29 is 14.3 Å². The predicted molar refractivity (Wildman–Crippen MR) is 113 cm³/mol. The highest BCUT2D eigenvalue weighted by molar-refractivity contribution is 5.93. The Balaban J connectivity index is 1.45. The van der Waals surface area contributed by atoms with E-state index < -0.39 is 0 Å². The largest absolute Gasteiger partial charge is 0.484 e. The first-order valence-electron chi connectivity index (χ1n) is 9.70. The number of ether oxygens (including phenoxy) is 1. The number of rotatable bonds is 5. The molecule has 0 bridgehead atoms. The summed E-state index contributed by atoms with van der Waals surface area (Å²) in [5.74, 6) is 0.625. The molecule has 2 aromatic carbocycles. The van der Waals surface area contributed by atoms with Crippen molar-refractivity contribution in [2.24, 2.45) is 0 Å². The Hall–Kier alpha value is -3.68. The maximum Gasteiger partial charge on any atom is 0.262 e. The molecule has 30 heavy (non-hydrogen) atoms. The Morgan fingerprint density at radius 1 is 1.23 bits per heavy atom. The number of aryl methyl sites for hydroxylation is 3. The minimum atomic E-state index is -0.272. The lowest BCUT2D eigenvalue weighted by molar-refractivity contribution is -0.118. The SMILES string of the molecule is Cc1cc(C)c(NC(=O)COc2cccc([C@@H]3CC(=O)Nc4ncnn43)c2)c(C)c1. The highest BCUT2D eigenvalue weighted by Gasteiger charge is 2.27. The van der Waals surface area contributed by atoms with E-state index in [1.807, 2.05) is 51.1 Å². The molecule has 8 nitrogen and oxygen atoms in total. The number of fused-ring (bicyclic) bond motifs is 1. The Morgan fingerprint density at radius 2 is 2.00 bits per heavy atom. The van der Waals surface area contributed by atoms with Gasteiger partial charge < -0.3 is 10.1 Å². The third-order valence-electron chi connectivity index (χ3n) is 5.05. The van der Waals surface area contributed by atoms with Gasteiger partial charge in [-0.15, -0.1) is 0 Å². The van der Waals surface area contributed by atoms with Gasteiger partial charge in [0, 0.05) is 5.69 Å². The van der Waals surface area contributed by atoms with E-state index in [0.29, 0.717) is 11.7 Å². The summed E-state index contributed by atoms with van der Waals surface area (Å²) in [5.41, 5.74) is 4.86. The van der Waals surface area contributed by atoms with Crippen LogP contribution in [0.4, 0.5) is 11.6 Å². The lowest BCUT2D eigenvalue weighted by atomic mass is 10.0. The van der Waals surface area contributed by atoms with Crippen molar-refractivity contribution in [1.82, 2.24) is 14.8 Å². The highest BCUT2D eigenvalue weighted by atomic mass is 16.5. The standard InChI is InChI=1S/C22H23N5O3/c1-13-7-14(2)21(15(3)8-13)25-20(29)11-30-17-6-4-5-16(9-17)18-10-19(28)26-22-23-12-24-27(18)22/h4-9,12,18H,10-11H2,1-3H3,(H,25,29)(H,23,24,26,28)/t18-/m0/s1. The number of hydrogen-bond donors (Lipinski definition) is 2. The molecule has 0 unspecified atom stereocenters. The summed E-state index contributed by atoms with van der Waals surface area (Å²) in [6.45, 7) is 5.85. The molecule has 0 fully saturated rings. The first-order chi connectivity index (χ1) is 14.4. The molecular weight excluding hydrogens is 382 g/mol. The zero-order valence-corrected chi connectivity index (χ0v) is 17.1. The summed E-state index contributed by atoms with van der Waals surface area (Å²) >= 11 is 0. The molecule has 2 amide bonds. The van der Waals surface area contributed by atoms with E-state index in [1.165, 1.54) is 6.33 Å². The molecule has 3 aromatic rings. The minimum Gasteiger partial charge on any atom is -0.484 e. The number of carbonyl (C=O) groups is 2. The molecule has 2 heterocycles. The van der Waals surface area contributed by atoms with E-state index in [2.05, 4.69) is 20.7 Å². The van der Waals surface area contributed by atoms with Crippen LogP contribution in [-0.2, 0) is 9.59 Å². The summed E-state index contributed by atoms with van der Waals surface area (Å²) in [4.78, 5) is 28.5. The minimum absolute atomic E-state index is 0.115. The predicted octanol–water partition coefficient (Wildman–Crippen LogP) is 3.15. The Bertz CT molecular complexity index is 1100. The zero-order valence-electron chi connectivity index (χ0n) is 17.1. The van der Waals surface area contributed by atoms with Crippen LogP contribution in [0, 0.1) is 20.8 Å². The summed E-state index contributed by atoms with van der Waals surface area (Å²) in [5, 5.41) is 9.83.